The summed E-state index contributed by atoms with van der Waals surface area (Å²) in [6.45, 7) is 2.20. The van der Waals surface area contributed by atoms with Crippen molar-refractivity contribution in [3.63, 3.8) is 0 Å². The fourth-order valence-corrected chi connectivity index (χ4v) is 5.33. The summed E-state index contributed by atoms with van der Waals surface area (Å²) in [5, 5.41) is 11.2. The van der Waals surface area contributed by atoms with Crippen molar-refractivity contribution in [3.8, 4) is 6.07 Å². The van der Waals surface area contributed by atoms with Crippen LogP contribution in [0.5, 0.6) is 0 Å². The molecule has 2 aromatic carbocycles. The van der Waals surface area contributed by atoms with Crippen LogP contribution >= 0.6 is 0 Å². The maximum absolute atomic E-state index is 15.1. The number of carbonyl (C=O) groups is 3. The molecule has 3 aliphatic rings. The Morgan fingerprint density at radius 2 is 1.80 bits per heavy atom. The van der Waals surface area contributed by atoms with Crippen LogP contribution in [0.2, 0.25) is 0 Å². The predicted octanol–water partition coefficient (Wildman–Crippen LogP) is 2.98. The van der Waals surface area contributed by atoms with E-state index in [9.17, 15) is 18.8 Å². The van der Waals surface area contributed by atoms with Gasteiger partial charge in [-0.05, 0) is 73.2 Å². The van der Waals surface area contributed by atoms with Gasteiger partial charge in [0.25, 0.3) is 5.91 Å². The molecule has 0 saturated carbocycles. The highest BCUT2D eigenvalue weighted by Gasteiger charge is 2.40. The number of amides is 3. The summed E-state index contributed by atoms with van der Waals surface area (Å²) >= 11 is 0. The van der Waals surface area contributed by atoms with Gasteiger partial charge in [-0.25, -0.2) is 8.78 Å². The van der Waals surface area contributed by atoms with E-state index in [1.54, 1.807) is 12.1 Å². The Bertz CT molecular complexity index is 1260. The maximum Gasteiger partial charge on any atom is 0.255 e. The van der Waals surface area contributed by atoms with Crippen molar-refractivity contribution >= 4 is 17.7 Å². The molecule has 0 aliphatic carbocycles. The number of rotatable bonds is 4. The average Bonchev–Trinajstić information content (AvgIpc) is 3.14. The van der Waals surface area contributed by atoms with E-state index >= 15 is 4.39 Å². The van der Waals surface area contributed by atoms with Gasteiger partial charge in [0.2, 0.25) is 11.8 Å². The second kappa shape index (κ2) is 9.19. The van der Waals surface area contributed by atoms with Gasteiger partial charge < -0.3 is 4.90 Å². The molecule has 0 bridgehead atoms. The molecule has 0 aromatic heterocycles. The number of imide groups is 1. The van der Waals surface area contributed by atoms with Crippen LogP contribution in [0.4, 0.5) is 8.78 Å². The van der Waals surface area contributed by atoms with E-state index in [4.69, 9.17) is 5.26 Å². The van der Waals surface area contributed by atoms with Crippen molar-refractivity contribution in [2.24, 2.45) is 0 Å². The first kappa shape index (κ1) is 23.1. The number of hydrogen-bond donors (Lipinski definition) is 1. The van der Waals surface area contributed by atoms with E-state index in [1.807, 2.05) is 6.07 Å². The Labute approximate surface area is 201 Å². The number of likely N-dealkylation sites (tertiary alicyclic amines) is 1. The Kier molecular flexibility index (Phi) is 6.07. The molecule has 7 nitrogen and oxygen atoms in total. The SMILES string of the molecule is N#Cc1ccc(CN2CCC(c3cc4c(cc3F)C(=O)N(C3CCC(=O)NC3=O)C4)CC2)cc1F. The zero-order chi connectivity index (χ0) is 24.7. The van der Waals surface area contributed by atoms with Gasteiger partial charge in [0.15, 0.2) is 0 Å². The molecule has 2 fully saturated rings. The van der Waals surface area contributed by atoms with Crippen molar-refractivity contribution in [1.29, 1.82) is 5.26 Å². The van der Waals surface area contributed by atoms with E-state index < -0.39 is 23.6 Å². The minimum Gasteiger partial charge on any atom is -0.322 e. The molecule has 9 heteroatoms. The Balaban J connectivity index is 1.25. The summed E-state index contributed by atoms with van der Waals surface area (Å²) in [5.74, 6) is -2.17. The van der Waals surface area contributed by atoms with E-state index in [-0.39, 0.29) is 48.2 Å². The molecule has 1 atom stereocenters. The number of hydrogen-bond acceptors (Lipinski definition) is 5. The molecular weight excluding hydrogens is 454 g/mol. The molecule has 2 aromatic rings. The van der Waals surface area contributed by atoms with Crippen LogP contribution in [0.1, 0.15) is 64.2 Å². The zero-order valence-corrected chi connectivity index (χ0v) is 19.0. The van der Waals surface area contributed by atoms with Crippen LogP contribution in [0.15, 0.2) is 30.3 Å². The van der Waals surface area contributed by atoms with Gasteiger partial charge in [0, 0.05) is 25.1 Å². The molecule has 2 saturated heterocycles. The minimum atomic E-state index is -0.727. The lowest BCUT2D eigenvalue weighted by Gasteiger charge is -2.32. The predicted molar refractivity (Wildman–Crippen MR) is 121 cm³/mol. The second-order valence-corrected chi connectivity index (χ2v) is 9.41. The van der Waals surface area contributed by atoms with Crippen molar-refractivity contribution in [2.45, 2.75) is 50.7 Å². The molecule has 35 heavy (non-hydrogen) atoms. The third kappa shape index (κ3) is 4.42. The van der Waals surface area contributed by atoms with Gasteiger partial charge in [-0.1, -0.05) is 12.1 Å². The minimum absolute atomic E-state index is 0.00555. The molecule has 0 spiro atoms. The summed E-state index contributed by atoms with van der Waals surface area (Å²) in [6, 6.07) is 8.75. The number of fused-ring (bicyclic) bond motifs is 1. The van der Waals surface area contributed by atoms with Crippen LogP contribution in [0, 0.1) is 23.0 Å². The van der Waals surface area contributed by atoms with Crippen LogP contribution in [0.25, 0.3) is 0 Å². The second-order valence-electron chi connectivity index (χ2n) is 9.41. The topological polar surface area (TPSA) is 93.5 Å². The highest BCUT2D eigenvalue weighted by molar-refractivity contribution is 6.05. The highest BCUT2D eigenvalue weighted by Crippen LogP contribution is 2.35. The summed E-state index contributed by atoms with van der Waals surface area (Å²) in [7, 11) is 0. The van der Waals surface area contributed by atoms with Crippen molar-refractivity contribution in [3.05, 3.63) is 69.8 Å². The van der Waals surface area contributed by atoms with Gasteiger partial charge in [-0.15, -0.1) is 0 Å². The first-order valence-electron chi connectivity index (χ1n) is 11.7. The Hall–Kier alpha value is -3.64. The maximum atomic E-state index is 15.1. The fourth-order valence-electron chi connectivity index (χ4n) is 5.33. The number of halogens is 2. The molecule has 3 amide bonds. The number of benzene rings is 2. The summed E-state index contributed by atoms with van der Waals surface area (Å²) in [5.41, 5.74) is 2.36. The number of nitriles is 1. The highest BCUT2D eigenvalue weighted by atomic mass is 19.1. The lowest BCUT2D eigenvalue weighted by Crippen LogP contribution is -2.52. The lowest BCUT2D eigenvalue weighted by molar-refractivity contribution is -0.136. The van der Waals surface area contributed by atoms with Crippen LogP contribution < -0.4 is 5.32 Å². The number of nitrogens with one attached hydrogen (secondary N) is 1. The quantitative estimate of drug-likeness (QED) is 0.682. The molecule has 1 unspecified atom stereocenters. The van der Waals surface area contributed by atoms with Gasteiger partial charge in [-0.2, -0.15) is 5.26 Å². The molecule has 3 aliphatic heterocycles. The molecular formula is C26H24F2N4O3. The largest absolute Gasteiger partial charge is 0.322 e. The number of carbonyl (C=O) groups excluding carboxylic acids is 3. The average molecular weight is 478 g/mol. The van der Waals surface area contributed by atoms with Gasteiger partial charge in [0.05, 0.1) is 5.56 Å². The lowest BCUT2D eigenvalue weighted by atomic mass is 9.87. The molecule has 3 heterocycles. The third-order valence-corrected chi connectivity index (χ3v) is 7.23. The molecule has 5 rings (SSSR count). The van der Waals surface area contributed by atoms with E-state index in [0.717, 1.165) is 18.4 Å². The molecule has 180 valence electrons. The van der Waals surface area contributed by atoms with Crippen LogP contribution in [-0.4, -0.2) is 46.7 Å². The number of piperidine rings is 2. The smallest absolute Gasteiger partial charge is 0.255 e. The Morgan fingerprint density at radius 1 is 1.03 bits per heavy atom. The summed E-state index contributed by atoms with van der Waals surface area (Å²) in [6.07, 6.45) is 1.88. The van der Waals surface area contributed by atoms with Crippen molar-refractivity contribution in [1.82, 2.24) is 15.1 Å². The van der Waals surface area contributed by atoms with Gasteiger partial charge in [0.1, 0.15) is 23.7 Å². The van der Waals surface area contributed by atoms with Gasteiger partial charge in [-0.3, -0.25) is 24.6 Å². The standard InChI is InChI=1S/C26H24F2N4O3/c27-21-9-15(1-2-17(21)12-29)13-31-7-5-16(6-8-31)19-10-18-14-32(26(35)20(18)11-22(19)28)23-3-4-24(33)30-25(23)34/h1-2,9-11,16,23H,3-8,13-14H2,(H,30,33,34). The third-order valence-electron chi connectivity index (χ3n) is 7.23. The van der Waals surface area contributed by atoms with E-state index in [0.29, 0.717) is 30.8 Å². The van der Waals surface area contributed by atoms with Crippen molar-refractivity contribution in [2.75, 3.05) is 13.1 Å². The molecule has 1 N–H and O–H groups in total. The summed E-state index contributed by atoms with van der Waals surface area (Å²) in [4.78, 5) is 40.2. The van der Waals surface area contributed by atoms with Crippen LogP contribution in [-0.2, 0) is 22.7 Å². The zero-order valence-electron chi connectivity index (χ0n) is 19.0. The van der Waals surface area contributed by atoms with E-state index in [1.165, 1.54) is 23.1 Å². The van der Waals surface area contributed by atoms with E-state index in [2.05, 4.69) is 10.2 Å². The Morgan fingerprint density at radius 3 is 2.49 bits per heavy atom. The van der Waals surface area contributed by atoms with Gasteiger partial charge >= 0.3 is 0 Å². The summed E-state index contributed by atoms with van der Waals surface area (Å²) < 4.78 is 29.0. The normalized spacial score (nSPS) is 21.1. The first-order chi connectivity index (χ1) is 16.8. The molecule has 0 radical (unpaired) electrons. The fraction of sp³-hybridized carbons (Fsp3) is 0.385. The number of nitrogens with zero attached hydrogens (tertiary/aromatic N) is 3. The van der Waals surface area contributed by atoms with Crippen molar-refractivity contribution < 1.29 is 23.2 Å². The first-order valence-corrected chi connectivity index (χ1v) is 11.7. The van der Waals surface area contributed by atoms with Crippen LogP contribution in [0.3, 0.4) is 0 Å². The monoisotopic (exact) mass is 478 g/mol.